The molecule has 0 fully saturated rings. The van der Waals surface area contributed by atoms with Crippen LogP contribution in [0.2, 0.25) is 0 Å². The Hall–Kier alpha value is -1.47. The van der Waals surface area contributed by atoms with Crippen LogP contribution in [0.3, 0.4) is 0 Å². The minimum atomic E-state index is -5.03. The Labute approximate surface area is 142 Å². The molecule has 0 bridgehead atoms. The molecule has 0 aliphatic carbocycles. The van der Waals surface area contributed by atoms with Crippen molar-refractivity contribution in [2.24, 2.45) is 5.73 Å². The highest BCUT2D eigenvalue weighted by molar-refractivity contribution is 8.71. The Bertz CT molecular complexity index is 714. The molecular formula is C12H12F6N2O3S2. The van der Waals surface area contributed by atoms with Gasteiger partial charge in [0.05, 0.1) is 16.9 Å². The van der Waals surface area contributed by atoms with Crippen molar-refractivity contribution in [3.05, 3.63) is 34.9 Å². The first-order chi connectivity index (χ1) is 11.1. The lowest BCUT2D eigenvalue weighted by atomic mass is 10.0. The SMILES string of the molecule is CN(Cc1cc(C(F)(F)F)cc(C(F)(F)F)c1)S(=O)(=O)SCC(N)=O. The van der Waals surface area contributed by atoms with Crippen molar-refractivity contribution in [2.75, 3.05) is 12.8 Å². The maximum Gasteiger partial charge on any atom is 0.416 e. The van der Waals surface area contributed by atoms with Crippen molar-refractivity contribution in [3.63, 3.8) is 0 Å². The predicted molar refractivity (Wildman–Crippen MR) is 78.5 cm³/mol. The van der Waals surface area contributed by atoms with Gasteiger partial charge in [0.2, 0.25) is 5.91 Å². The number of benzene rings is 1. The molecule has 0 aliphatic rings. The second-order valence-electron chi connectivity index (χ2n) is 4.86. The molecule has 13 heteroatoms. The summed E-state index contributed by atoms with van der Waals surface area (Å²) >= 11 is 0. The molecule has 0 saturated heterocycles. The number of nitrogens with two attached hydrogens (primary N) is 1. The van der Waals surface area contributed by atoms with Gasteiger partial charge in [-0.05, 0) is 34.6 Å². The van der Waals surface area contributed by atoms with Crippen molar-refractivity contribution in [2.45, 2.75) is 18.9 Å². The smallest absolute Gasteiger partial charge is 0.369 e. The third kappa shape index (κ3) is 6.40. The van der Waals surface area contributed by atoms with E-state index in [1.807, 2.05) is 0 Å². The highest BCUT2D eigenvalue weighted by Crippen LogP contribution is 2.36. The number of primary amides is 1. The van der Waals surface area contributed by atoms with Crippen LogP contribution in [0.4, 0.5) is 26.3 Å². The number of hydrogen-bond donors (Lipinski definition) is 1. The normalized spacial score (nSPS) is 13.3. The first-order valence-corrected chi connectivity index (χ1v) is 9.24. The molecule has 25 heavy (non-hydrogen) atoms. The molecule has 0 aromatic heterocycles. The summed E-state index contributed by atoms with van der Waals surface area (Å²) in [4.78, 5) is 10.6. The van der Waals surface area contributed by atoms with Crippen molar-refractivity contribution in [1.82, 2.24) is 4.31 Å². The lowest BCUT2D eigenvalue weighted by Gasteiger charge is -2.18. The Morgan fingerprint density at radius 1 is 1.08 bits per heavy atom. The molecule has 0 unspecified atom stereocenters. The van der Waals surface area contributed by atoms with Gasteiger partial charge >= 0.3 is 12.4 Å². The number of amides is 1. The van der Waals surface area contributed by atoms with E-state index in [1.54, 1.807) is 0 Å². The van der Waals surface area contributed by atoms with Gasteiger partial charge in [0.15, 0.2) is 0 Å². The molecule has 1 amide bonds. The zero-order chi connectivity index (χ0) is 19.6. The van der Waals surface area contributed by atoms with E-state index in [1.165, 1.54) is 0 Å². The molecule has 0 atom stereocenters. The fourth-order valence-electron chi connectivity index (χ4n) is 1.67. The van der Waals surface area contributed by atoms with Crippen LogP contribution in [0.1, 0.15) is 16.7 Å². The van der Waals surface area contributed by atoms with E-state index in [2.05, 4.69) is 0 Å². The van der Waals surface area contributed by atoms with E-state index in [-0.39, 0.29) is 16.9 Å². The second kappa shape index (κ2) is 7.41. The summed E-state index contributed by atoms with van der Waals surface area (Å²) in [6.45, 7) is -0.749. The third-order valence-electron chi connectivity index (χ3n) is 2.78. The Kier molecular flexibility index (Phi) is 6.40. The van der Waals surface area contributed by atoms with Crippen molar-refractivity contribution >= 4 is 25.8 Å². The van der Waals surface area contributed by atoms with Crippen LogP contribution >= 0.6 is 10.8 Å². The van der Waals surface area contributed by atoms with Crippen molar-refractivity contribution in [1.29, 1.82) is 0 Å². The lowest BCUT2D eigenvalue weighted by molar-refractivity contribution is -0.143. The lowest BCUT2D eigenvalue weighted by Crippen LogP contribution is -2.26. The standard InChI is InChI=1S/C12H12F6N2O3S2/c1-20(25(22,23)24-6-10(19)21)5-7-2-8(11(13,14)15)4-9(3-7)12(16,17)18/h2-4H,5-6H2,1H3,(H2,19,21). The maximum absolute atomic E-state index is 12.8. The van der Waals surface area contributed by atoms with E-state index < -0.39 is 56.3 Å². The van der Waals surface area contributed by atoms with E-state index in [0.717, 1.165) is 7.05 Å². The predicted octanol–water partition coefficient (Wildman–Crippen LogP) is 2.62. The van der Waals surface area contributed by atoms with Gasteiger partial charge < -0.3 is 5.73 Å². The molecule has 0 heterocycles. The highest BCUT2D eigenvalue weighted by atomic mass is 33.1. The van der Waals surface area contributed by atoms with Gasteiger partial charge in [-0.15, -0.1) is 0 Å². The van der Waals surface area contributed by atoms with Crippen LogP contribution in [-0.2, 0) is 32.7 Å². The zero-order valence-electron chi connectivity index (χ0n) is 12.5. The van der Waals surface area contributed by atoms with Crippen LogP contribution in [0.5, 0.6) is 0 Å². The number of alkyl halides is 6. The summed E-state index contributed by atoms with van der Waals surface area (Å²) in [7, 11) is -3.10. The van der Waals surface area contributed by atoms with Gasteiger partial charge in [0, 0.05) is 13.6 Å². The largest absolute Gasteiger partial charge is 0.416 e. The summed E-state index contributed by atoms with van der Waals surface area (Å²) in [6.07, 6.45) is -10.1. The summed E-state index contributed by atoms with van der Waals surface area (Å²) in [5.41, 5.74) is 1.19. The number of halogens is 6. The molecule has 2 N–H and O–H groups in total. The second-order valence-corrected chi connectivity index (χ2v) is 8.83. The molecule has 0 saturated carbocycles. The average Bonchev–Trinajstić information content (AvgIpc) is 2.43. The zero-order valence-corrected chi connectivity index (χ0v) is 14.1. The van der Waals surface area contributed by atoms with Gasteiger partial charge in [-0.1, -0.05) is 0 Å². The fraction of sp³-hybridized carbons (Fsp3) is 0.417. The van der Waals surface area contributed by atoms with E-state index in [9.17, 15) is 39.6 Å². The first kappa shape index (κ1) is 21.6. The molecule has 0 radical (unpaired) electrons. The Morgan fingerprint density at radius 2 is 1.52 bits per heavy atom. The van der Waals surface area contributed by atoms with Gasteiger partial charge in [0.25, 0.3) is 9.06 Å². The first-order valence-electron chi connectivity index (χ1n) is 6.30. The summed E-state index contributed by atoms with van der Waals surface area (Å²) in [5, 5.41) is 0. The van der Waals surface area contributed by atoms with Crippen LogP contribution in [0.15, 0.2) is 18.2 Å². The monoisotopic (exact) mass is 410 g/mol. The fourth-order valence-corrected chi connectivity index (χ4v) is 3.91. The van der Waals surface area contributed by atoms with Crippen molar-refractivity contribution < 1.29 is 39.6 Å². The maximum atomic E-state index is 12.8. The Morgan fingerprint density at radius 3 is 1.88 bits per heavy atom. The molecule has 1 aromatic rings. The van der Waals surface area contributed by atoms with Gasteiger partial charge in [-0.2, -0.15) is 30.6 Å². The van der Waals surface area contributed by atoms with E-state index >= 15 is 0 Å². The highest BCUT2D eigenvalue weighted by Gasteiger charge is 2.37. The minimum absolute atomic E-state index is 0.0557. The number of carbonyl (C=O) groups is 1. The average molecular weight is 410 g/mol. The topological polar surface area (TPSA) is 80.5 Å². The number of nitrogens with zero attached hydrogens (tertiary/aromatic N) is 1. The van der Waals surface area contributed by atoms with Crippen LogP contribution in [0, 0.1) is 0 Å². The van der Waals surface area contributed by atoms with E-state index in [0.29, 0.717) is 16.4 Å². The van der Waals surface area contributed by atoms with Crippen LogP contribution in [-0.4, -0.2) is 31.4 Å². The van der Waals surface area contributed by atoms with Gasteiger partial charge in [0.1, 0.15) is 0 Å². The van der Waals surface area contributed by atoms with Crippen molar-refractivity contribution in [3.8, 4) is 0 Å². The van der Waals surface area contributed by atoms with Crippen LogP contribution < -0.4 is 5.73 Å². The molecule has 5 nitrogen and oxygen atoms in total. The summed E-state index contributed by atoms with van der Waals surface area (Å²) < 4.78 is 101. The molecular weight excluding hydrogens is 398 g/mol. The molecule has 0 aliphatic heterocycles. The Balaban J connectivity index is 3.18. The summed E-state index contributed by atoms with van der Waals surface area (Å²) in [5.74, 6) is -1.55. The molecule has 0 spiro atoms. The molecule has 142 valence electrons. The quantitative estimate of drug-likeness (QED) is 0.578. The number of hydrogen-bond acceptors (Lipinski definition) is 4. The number of carbonyl (C=O) groups excluding carboxylic acids is 1. The number of rotatable bonds is 6. The third-order valence-corrected chi connectivity index (χ3v) is 6.39. The van der Waals surface area contributed by atoms with Crippen LogP contribution in [0.25, 0.3) is 0 Å². The van der Waals surface area contributed by atoms with Gasteiger partial charge in [-0.25, -0.2) is 8.42 Å². The van der Waals surface area contributed by atoms with Gasteiger partial charge in [-0.3, -0.25) is 4.79 Å². The molecule has 1 rings (SSSR count). The molecule has 1 aromatic carbocycles. The van der Waals surface area contributed by atoms with E-state index in [4.69, 9.17) is 5.73 Å². The summed E-state index contributed by atoms with van der Waals surface area (Å²) in [6, 6.07) is 0.805. The minimum Gasteiger partial charge on any atom is -0.369 e.